The molecule has 0 heterocycles. The van der Waals surface area contributed by atoms with E-state index in [4.69, 9.17) is 11.6 Å². The van der Waals surface area contributed by atoms with Crippen LogP contribution in [0.4, 0.5) is 0 Å². The highest BCUT2D eigenvalue weighted by Crippen LogP contribution is 2.47. The summed E-state index contributed by atoms with van der Waals surface area (Å²) in [5.74, 6) is -10.6. The first-order chi connectivity index (χ1) is 19.1. The van der Waals surface area contributed by atoms with E-state index in [1.54, 1.807) is 19.1 Å². The van der Waals surface area contributed by atoms with Gasteiger partial charge in [-0.2, -0.15) is 0 Å². The van der Waals surface area contributed by atoms with E-state index in [9.17, 15) is 29.4 Å². The van der Waals surface area contributed by atoms with E-state index in [2.05, 4.69) is 10.1 Å². The van der Waals surface area contributed by atoms with Gasteiger partial charge in [-0.3, -0.25) is 19.2 Å². The van der Waals surface area contributed by atoms with Gasteiger partial charge < -0.3 is 20.3 Å². The molecule has 0 saturated heterocycles. The zero-order valence-electron chi connectivity index (χ0n) is 22.0. The number of hydrogen-bond donors (Lipinski definition) is 3. The summed E-state index contributed by atoms with van der Waals surface area (Å²) in [6.45, 7) is 1.80. The molecule has 1 fully saturated rings. The minimum absolute atomic E-state index is 0.238. The molecule has 3 N–H and O–H groups in total. The second-order valence-corrected chi connectivity index (χ2v) is 10.5. The molecule has 0 aromatic heterocycles. The number of carbonyl (C=O) groups excluding carboxylic acids is 2. The molecule has 1 aliphatic carbocycles. The SMILES string of the molecule is COC(=O)[C@H]1[C@H](C(=O)O)[C@H](C(=O)N[C@@H](C)[C@H](Cc2ccc(Cl)cc2)c2ccc(-c3ccccc3)cc2)[C@H]1C(=O)O. The van der Waals surface area contributed by atoms with Crippen LogP contribution in [0.2, 0.25) is 5.02 Å². The summed E-state index contributed by atoms with van der Waals surface area (Å²) < 4.78 is 4.63. The van der Waals surface area contributed by atoms with Crippen LogP contribution >= 0.6 is 11.6 Å². The van der Waals surface area contributed by atoms with Crippen molar-refractivity contribution in [1.29, 1.82) is 0 Å². The van der Waals surface area contributed by atoms with Crippen molar-refractivity contribution in [3.63, 3.8) is 0 Å². The first-order valence-electron chi connectivity index (χ1n) is 12.9. The maximum atomic E-state index is 13.4. The van der Waals surface area contributed by atoms with Crippen molar-refractivity contribution >= 4 is 35.4 Å². The second kappa shape index (κ2) is 12.3. The summed E-state index contributed by atoms with van der Waals surface area (Å²) >= 11 is 6.07. The average molecular weight is 564 g/mol. The van der Waals surface area contributed by atoms with Gasteiger partial charge in [-0.1, -0.05) is 78.3 Å². The fraction of sp³-hybridized carbons (Fsp3) is 0.290. The van der Waals surface area contributed by atoms with Crippen LogP contribution in [0.15, 0.2) is 78.9 Å². The molecule has 3 aromatic rings. The van der Waals surface area contributed by atoms with Crippen LogP contribution < -0.4 is 5.32 Å². The maximum Gasteiger partial charge on any atom is 0.310 e. The van der Waals surface area contributed by atoms with Gasteiger partial charge in [-0.15, -0.1) is 0 Å². The maximum absolute atomic E-state index is 13.4. The van der Waals surface area contributed by atoms with Crippen molar-refractivity contribution in [2.45, 2.75) is 25.3 Å². The number of aliphatic carboxylic acids is 2. The standard InChI is InChI=1S/C31H30ClNO7/c1-17(33-28(34)24-25(29(35)36)27(31(39)40-2)26(24)30(37)38)23(16-18-8-14-22(32)15-9-18)21-12-10-20(11-13-21)19-6-4-3-5-7-19/h3-15,17,23-27H,16H2,1-2H3,(H,33,34)(H,35,36)(H,37,38)/t17-,23-,24-,25+,26+,27-/m0/s1. The Labute approximate surface area is 236 Å². The van der Waals surface area contributed by atoms with Gasteiger partial charge in [0.15, 0.2) is 0 Å². The van der Waals surface area contributed by atoms with E-state index in [-0.39, 0.29) is 5.92 Å². The van der Waals surface area contributed by atoms with Gasteiger partial charge in [0.05, 0.1) is 30.8 Å². The molecule has 0 radical (unpaired) electrons. The number of carboxylic acids is 2. The molecule has 1 saturated carbocycles. The number of ether oxygens (including phenoxy) is 1. The predicted octanol–water partition coefficient (Wildman–Crippen LogP) is 4.66. The summed E-state index contributed by atoms with van der Waals surface area (Å²) in [5, 5.41) is 22.9. The van der Waals surface area contributed by atoms with E-state index in [1.165, 1.54) is 0 Å². The van der Waals surface area contributed by atoms with Crippen LogP contribution in [0.1, 0.15) is 24.0 Å². The molecule has 8 nitrogen and oxygen atoms in total. The van der Waals surface area contributed by atoms with E-state index in [1.807, 2.05) is 66.7 Å². The third-order valence-corrected chi connectivity index (χ3v) is 7.93. The van der Waals surface area contributed by atoms with Crippen molar-refractivity contribution in [3.05, 3.63) is 95.0 Å². The smallest absolute Gasteiger partial charge is 0.310 e. The predicted molar refractivity (Wildman–Crippen MR) is 149 cm³/mol. The Morgan fingerprint density at radius 1 is 0.800 bits per heavy atom. The molecule has 0 unspecified atom stereocenters. The van der Waals surface area contributed by atoms with E-state index in [0.717, 1.165) is 29.4 Å². The summed E-state index contributed by atoms with van der Waals surface area (Å²) in [4.78, 5) is 49.5. The van der Waals surface area contributed by atoms with Crippen LogP contribution in [0.25, 0.3) is 11.1 Å². The lowest BCUT2D eigenvalue weighted by Gasteiger charge is -2.45. The molecule has 0 bridgehead atoms. The number of benzene rings is 3. The zero-order valence-corrected chi connectivity index (χ0v) is 22.7. The molecular formula is C31H30ClNO7. The quantitative estimate of drug-likeness (QED) is 0.306. The van der Waals surface area contributed by atoms with E-state index < -0.39 is 53.5 Å². The third-order valence-electron chi connectivity index (χ3n) is 7.68. The lowest BCUT2D eigenvalue weighted by Crippen LogP contribution is -2.63. The summed E-state index contributed by atoms with van der Waals surface area (Å²) in [6, 6.07) is 24.7. The Hall–Kier alpha value is -4.17. The normalized spacial score (nSPS) is 21.4. The highest BCUT2D eigenvalue weighted by Gasteiger charge is 2.64. The van der Waals surface area contributed by atoms with Crippen LogP contribution in [-0.4, -0.2) is 47.2 Å². The highest BCUT2D eigenvalue weighted by atomic mass is 35.5. The number of methoxy groups -OCH3 is 1. The molecule has 1 aliphatic rings. The number of carboxylic acid groups (broad SMARTS) is 2. The Bertz CT molecular complexity index is 1350. The largest absolute Gasteiger partial charge is 0.481 e. The molecule has 4 rings (SSSR count). The van der Waals surface area contributed by atoms with Crippen molar-refractivity contribution in [2.75, 3.05) is 7.11 Å². The number of halogens is 1. The number of carbonyl (C=O) groups is 4. The first-order valence-corrected chi connectivity index (χ1v) is 13.2. The van der Waals surface area contributed by atoms with Crippen molar-refractivity contribution in [2.24, 2.45) is 23.7 Å². The number of nitrogens with one attached hydrogen (secondary N) is 1. The lowest BCUT2D eigenvalue weighted by molar-refractivity contribution is -0.188. The van der Waals surface area contributed by atoms with Gasteiger partial charge >= 0.3 is 17.9 Å². The number of amides is 1. The Kier molecular flexibility index (Phi) is 8.90. The van der Waals surface area contributed by atoms with Gasteiger partial charge in [-0.25, -0.2) is 0 Å². The Balaban J connectivity index is 1.61. The molecule has 208 valence electrons. The van der Waals surface area contributed by atoms with Crippen molar-refractivity contribution < 1.29 is 34.1 Å². The Morgan fingerprint density at radius 2 is 1.35 bits per heavy atom. The second-order valence-electron chi connectivity index (χ2n) is 10.0. The molecular weight excluding hydrogens is 534 g/mol. The average Bonchev–Trinajstić information content (AvgIpc) is 2.92. The minimum Gasteiger partial charge on any atom is -0.481 e. The van der Waals surface area contributed by atoms with Gasteiger partial charge in [0.1, 0.15) is 0 Å². The van der Waals surface area contributed by atoms with Gasteiger partial charge in [0, 0.05) is 17.0 Å². The highest BCUT2D eigenvalue weighted by molar-refractivity contribution is 6.30. The van der Waals surface area contributed by atoms with Crippen molar-refractivity contribution in [3.8, 4) is 11.1 Å². The molecule has 9 heteroatoms. The molecule has 0 aliphatic heterocycles. The summed E-state index contributed by atoms with van der Waals surface area (Å²) in [7, 11) is 1.06. The lowest BCUT2D eigenvalue weighted by atomic mass is 9.56. The third kappa shape index (κ3) is 6.02. The molecule has 0 spiro atoms. The number of hydrogen-bond acceptors (Lipinski definition) is 5. The van der Waals surface area contributed by atoms with Crippen molar-refractivity contribution in [1.82, 2.24) is 5.32 Å². The Morgan fingerprint density at radius 3 is 1.88 bits per heavy atom. The van der Waals surface area contributed by atoms with Crippen LogP contribution in [0.5, 0.6) is 0 Å². The van der Waals surface area contributed by atoms with Crippen LogP contribution in [0.3, 0.4) is 0 Å². The molecule has 4 atom stereocenters. The summed E-state index contributed by atoms with van der Waals surface area (Å²) in [5.41, 5.74) is 4.01. The first kappa shape index (κ1) is 28.8. The molecule has 40 heavy (non-hydrogen) atoms. The molecule has 1 amide bonds. The van der Waals surface area contributed by atoms with E-state index in [0.29, 0.717) is 11.4 Å². The fourth-order valence-electron chi connectivity index (χ4n) is 5.55. The number of rotatable bonds is 10. The van der Waals surface area contributed by atoms with Gasteiger partial charge in [-0.05, 0) is 47.7 Å². The topological polar surface area (TPSA) is 130 Å². The monoisotopic (exact) mass is 563 g/mol. The van der Waals surface area contributed by atoms with Crippen LogP contribution in [-0.2, 0) is 30.3 Å². The fourth-order valence-corrected chi connectivity index (χ4v) is 5.68. The van der Waals surface area contributed by atoms with Gasteiger partial charge in [0.25, 0.3) is 0 Å². The van der Waals surface area contributed by atoms with Gasteiger partial charge in [0.2, 0.25) is 5.91 Å². The molecule has 3 aromatic carbocycles. The van der Waals surface area contributed by atoms with Crippen LogP contribution in [0, 0.1) is 23.7 Å². The zero-order chi connectivity index (χ0) is 29.0. The van der Waals surface area contributed by atoms with E-state index >= 15 is 0 Å². The number of esters is 1. The summed E-state index contributed by atoms with van der Waals surface area (Å²) in [6.07, 6.45) is 0.531. The minimum atomic E-state index is -1.50.